The maximum Gasteiger partial charge on any atom is 0.313 e. The van der Waals surface area contributed by atoms with Gasteiger partial charge < -0.3 is 15.5 Å². The third-order valence-corrected chi connectivity index (χ3v) is 3.97. The Morgan fingerprint density at radius 1 is 1.25 bits per heavy atom. The van der Waals surface area contributed by atoms with Crippen LogP contribution in [0.25, 0.3) is 0 Å². The van der Waals surface area contributed by atoms with Crippen LogP contribution in [-0.2, 0) is 9.59 Å². The van der Waals surface area contributed by atoms with E-state index < -0.39 is 11.8 Å². The summed E-state index contributed by atoms with van der Waals surface area (Å²) in [6.07, 6.45) is 2.81. The molecule has 108 valence electrons. The van der Waals surface area contributed by atoms with Crippen LogP contribution >= 0.6 is 11.8 Å². The van der Waals surface area contributed by atoms with E-state index in [-0.39, 0.29) is 0 Å². The maximum absolute atomic E-state index is 12.1. The summed E-state index contributed by atoms with van der Waals surface area (Å²) in [5.74, 6) is -1.02. The zero-order chi connectivity index (χ0) is 14.4. The van der Waals surface area contributed by atoms with Crippen molar-refractivity contribution in [3.05, 3.63) is 24.3 Å². The number of nitrogens with zero attached hydrogens (tertiary/aromatic N) is 1. The molecule has 20 heavy (non-hydrogen) atoms. The fraction of sp³-hybridized carbons (Fsp3) is 0.429. The summed E-state index contributed by atoms with van der Waals surface area (Å²) in [6.45, 7) is 2.83. The summed E-state index contributed by atoms with van der Waals surface area (Å²) in [7, 11) is 0. The average molecular weight is 293 g/mol. The third-order valence-electron chi connectivity index (χ3n) is 3.18. The number of carbonyl (C=O) groups is 2. The van der Waals surface area contributed by atoms with E-state index in [4.69, 9.17) is 0 Å². The number of anilines is 1. The third kappa shape index (κ3) is 3.74. The molecule has 0 radical (unpaired) electrons. The Hall–Kier alpha value is -1.53. The van der Waals surface area contributed by atoms with Gasteiger partial charge in [-0.25, -0.2) is 0 Å². The standard InChI is InChI=1S/C14H19N3O2S/c1-20-12-6-3-2-5-11(12)16-13(18)14(19)17-9-4-7-15-8-10-17/h2-3,5-6,15H,4,7-10H2,1H3,(H,16,18). The monoisotopic (exact) mass is 293 g/mol. The van der Waals surface area contributed by atoms with Gasteiger partial charge in [-0.1, -0.05) is 12.1 Å². The molecular weight excluding hydrogens is 274 g/mol. The van der Waals surface area contributed by atoms with Crippen LogP contribution in [0.5, 0.6) is 0 Å². The van der Waals surface area contributed by atoms with Gasteiger partial charge in [0, 0.05) is 24.5 Å². The first-order valence-electron chi connectivity index (χ1n) is 6.66. The van der Waals surface area contributed by atoms with E-state index >= 15 is 0 Å². The van der Waals surface area contributed by atoms with Gasteiger partial charge in [0.2, 0.25) is 0 Å². The summed E-state index contributed by atoms with van der Waals surface area (Å²) in [5, 5.41) is 5.92. The van der Waals surface area contributed by atoms with Crippen molar-refractivity contribution >= 4 is 29.3 Å². The molecule has 2 N–H and O–H groups in total. The maximum atomic E-state index is 12.1. The molecule has 0 bridgehead atoms. The molecule has 0 atom stereocenters. The molecule has 2 amide bonds. The van der Waals surface area contributed by atoms with Crippen molar-refractivity contribution in [2.24, 2.45) is 0 Å². The predicted molar refractivity (Wildman–Crippen MR) is 80.9 cm³/mol. The molecule has 1 aliphatic rings. The normalized spacial score (nSPS) is 15.6. The Morgan fingerprint density at radius 2 is 2.05 bits per heavy atom. The number of hydrogen-bond acceptors (Lipinski definition) is 4. The lowest BCUT2D eigenvalue weighted by Crippen LogP contribution is -2.41. The van der Waals surface area contributed by atoms with Crippen molar-refractivity contribution in [1.29, 1.82) is 0 Å². The molecule has 2 rings (SSSR count). The minimum Gasteiger partial charge on any atom is -0.333 e. The molecule has 0 aromatic heterocycles. The van der Waals surface area contributed by atoms with Crippen LogP contribution in [0.15, 0.2) is 29.2 Å². The van der Waals surface area contributed by atoms with Crippen LogP contribution in [0.2, 0.25) is 0 Å². The van der Waals surface area contributed by atoms with Crippen molar-refractivity contribution in [3.8, 4) is 0 Å². The van der Waals surface area contributed by atoms with Gasteiger partial charge in [-0.2, -0.15) is 0 Å². The van der Waals surface area contributed by atoms with Gasteiger partial charge in [0.25, 0.3) is 0 Å². The largest absolute Gasteiger partial charge is 0.333 e. The molecule has 1 aromatic carbocycles. The summed E-state index contributed by atoms with van der Waals surface area (Å²) < 4.78 is 0. The van der Waals surface area contributed by atoms with Crippen molar-refractivity contribution in [3.63, 3.8) is 0 Å². The number of hydrogen-bond donors (Lipinski definition) is 2. The van der Waals surface area contributed by atoms with E-state index in [1.54, 1.807) is 11.0 Å². The van der Waals surface area contributed by atoms with Crippen LogP contribution in [0.3, 0.4) is 0 Å². The second-order valence-electron chi connectivity index (χ2n) is 4.55. The van der Waals surface area contributed by atoms with Gasteiger partial charge in [0.05, 0.1) is 5.69 Å². The van der Waals surface area contributed by atoms with E-state index in [0.29, 0.717) is 18.8 Å². The van der Waals surface area contributed by atoms with Gasteiger partial charge in [-0.05, 0) is 31.4 Å². The quantitative estimate of drug-likeness (QED) is 0.635. The molecule has 1 heterocycles. The minimum absolute atomic E-state index is 0.454. The van der Waals surface area contributed by atoms with Crippen LogP contribution < -0.4 is 10.6 Å². The number of amides is 2. The molecular formula is C14H19N3O2S. The van der Waals surface area contributed by atoms with Gasteiger partial charge in [-0.15, -0.1) is 11.8 Å². The molecule has 6 heteroatoms. The first kappa shape index (κ1) is 14.9. The Labute approximate surface area is 123 Å². The van der Waals surface area contributed by atoms with Crippen LogP contribution in [0.4, 0.5) is 5.69 Å². The Kier molecular flexibility index (Phi) is 5.43. The summed E-state index contributed by atoms with van der Waals surface area (Å²) in [6, 6.07) is 7.47. The lowest BCUT2D eigenvalue weighted by molar-refractivity contribution is -0.143. The van der Waals surface area contributed by atoms with E-state index in [1.807, 2.05) is 24.5 Å². The highest BCUT2D eigenvalue weighted by atomic mass is 32.2. The number of thioether (sulfide) groups is 1. The molecule has 1 aromatic rings. The number of nitrogens with one attached hydrogen (secondary N) is 2. The zero-order valence-electron chi connectivity index (χ0n) is 11.5. The van der Waals surface area contributed by atoms with Gasteiger partial charge in [-0.3, -0.25) is 9.59 Å². The van der Waals surface area contributed by atoms with Crippen molar-refractivity contribution in [1.82, 2.24) is 10.2 Å². The summed E-state index contributed by atoms with van der Waals surface area (Å²) in [5.41, 5.74) is 0.686. The number of benzene rings is 1. The molecule has 0 saturated carbocycles. The van der Waals surface area contributed by atoms with Crippen LogP contribution in [-0.4, -0.2) is 49.1 Å². The number of rotatable bonds is 2. The minimum atomic E-state index is -0.562. The lowest BCUT2D eigenvalue weighted by Gasteiger charge is -2.19. The fourth-order valence-electron chi connectivity index (χ4n) is 2.12. The first-order valence-corrected chi connectivity index (χ1v) is 7.89. The summed E-state index contributed by atoms with van der Waals surface area (Å²) in [4.78, 5) is 26.8. The predicted octanol–water partition coefficient (Wildman–Crippen LogP) is 1.17. The van der Waals surface area contributed by atoms with Gasteiger partial charge in [0.1, 0.15) is 0 Å². The van der Waals surface area contributed by atoms with Crippen LogP contribution in [0.1, 0.15) is 6.42 Å². The number of para-hydroxylation sites is 1. The Bertz CT molecular complexity index is 485. The topological polar surface area (TPSA) is 61.4 Å². The summed E-state index contributed by atoms with van der Waals surface area (Å²) >= 11 is 1.54. The van der Waals surface area contributed by atoms with E-state index in [1.165, 1.54) is 11.8 Å². The Balaban J connectivity index is 2.01. The molecule has 0 spiro atoms. The highest BCUT2D eigenvalue weighted by molar-refractivity contribution is 7.98. The molecule has 0 aliphatic carbocycles. The highest BCUT2D eigenvalue weighted by Gasteiger charge is 2.23. The molecule has 1 saturated heterocycles. The molecule has 0 unspecified atom stereocenters. The molecule has 5 nitrogen and oxygen atoms in total. The van der Waals surface area contributed by atoms with Gasteiger partial charge >= 0.3 is 11.8 Å². The second-order valence-corrected chi connectivity index (χ2v) is 5.40. The fourth-order valence-corrected chi connectivity index (χ4v) is 2.67. The van der Waals surface area contributed by atoms with E-state index in [9.17, 15) is 9.59 Å². The van der Waals surface area contributed by atoms with Crippen LogP contribution in [0, 0.1) is 0 Å². The molecule has 1 fully saturated rings. The van der Waals surface area contributed by atoms with Crippen molar-refractivity contribution < 1.29 is 9.59 Å². The SMILES string of the molecule is CSc1ccccc1NC(=O)C(=O)N1CCCNCC1. The lowest BCUT2D eigenvalue weighted by atomic mass is 10.3. The number of carbonyl (C=O) groups excluding carboxylic acids is 2. The second kappa shape index (κ2) is 7.31. The first-order chi connectivity index (χ1) is 9.72. The van der Waals surface area contributed by atoms with Crippen molar-refractivity contribution in [2.45, 2.75) is 11.3 Å². The Morgan fingerprint density at radius 3 is 2.85 bits per heavy atom. The molecule has 1 aliphatic heterocycles. The van der Waals surface area contributed by atoms with Crippen molar-refractivity contribution in [2.75, 3.05) is 37.8 Å². The van der Waals surface area contributed by atoms with E-state index in [2.05, 4.69) is 10.6 Å². The zero-order valence-corrected chi connectivity index (χ0v) is 12.3. The highest BCUT2D eigenvalue weighted by Crippen LogP contribution is 2.24. The smallest absolute Gasteiger partial charge is 0.313 e. The average Bonchev–Trinajstić information content (AvgIpc) is 2.76. The van der Waals surface area contributed by atoms with Gasteiger partial charge in [0.15, 0.2) is 0 Å². The van der Waals surface area contributed by atoms with E-state index in [0.717, 1.165) is 24.4 Å².